The fraction of sp³-hybridized carbons (Fsp3) is 0.571. The number of amides is 4. The summed E-state index contributed by atoms with van der Waals surface area (Å²) in [5.74, 6) is -4.34. The van der Waals surface area contributed by atoms with E-state index in [1.54, 1.807) is 12.1 Å². The van der Waals surface area contributed by atoms with Crippen LogP contribution in [-0.2, 0) is 19.2 Å². The van der Waals surface area contributed by atoms with Gasteiger partial charge in [0.15, 0.2) is 0 Å². The maximum absolute atomic E-state index is 13.8. The Kier molecular flexibility index (Phi) is 5.49. The van der Waals surface area contributed by atoms with E-state index in [-0.39, 0.29) is 35.3 Å². The van der Waals surface area contributed by atoms with E-state index in [0.717, 1.165) is 5.57 Å². The van der Waals surface area contributed by atoms with Crippen molar-refractivity contribution in [1.82, 2.24) is 9.80 Å². The number of carbonyl (C=O) groups excluding carboxylic acids is 4. The first-order valence-electron chi connectivity index (χ1n) is 12.6. The zero-order chi connectivity index (χ0) is 26.5. The van der Waals surface area contributed by atoms with Crippen molar-refractivity contribution in [2.45, 2.75) is 71.4 Å². The Labute approximate surface area is 216 Å². The van der Waals surface area contributed by atoms with E-state index >= 15 is 0 Å². The molecule has 3 fully saturated rings. The molecule has 2 saturated heterocycles. The Bertz CT molecular complexity index is 1220. The highest BCUT2D eigenvalue weighted by atomic mass is 35.5. The van der Waals surface area contributed by atoms with Crippen LogP contribution in [0.1, 0.15) is 65.9 Å². The van der Waals surface area contributed by atoms with E-state index in [0.29, 0.717) is 23.4 Å². The lowest BCUT2D eigenvalue weighted by Crippen LogP contribution is -2.47. The number of aromatic hydroxyl groups is 1. The van der Waals surface area contributed by atoms with Crippen LogP contribution in [0.4, 0.5) is 0 Å². The summed E-state index contributed by atoms with van der Waals surface area (Å²) in [6.45, 7) is 11.0. The predicted molar refractivity (Wildman–Crippen MR) is 134 cm³/mol. The fourth-order valence-corrected chi connectivity index (χ4v) is 7.21. The van der Waals surface area contributed by atoms with Crippen molar-refractivity contribution in [3.63, 3.8) is 0 Å². The molecule has 4 aliphatic rings. The molecule has 1 aromatic carbocycles. The lowest BCUT2D eigenvalue weighted by atomic mass is 9.57. The molecular formula is C28H33ClN2O5. The molecule has 0 spiro atoms. The van der Waals surface area contributed by atoms with Gasteiger partial charge in [-0.15, -0.1) is 0 Å². The third kappa shape index (κ3) is 3.46. The summed E-state index contributed by atoms with van der Waals surface area (Å²) < 4.78 is 0. The Hall–Kier alpha value is -2.67. The maximum Gasteiger partial charge on any atom is 0.234 e. The summed E-state index contributed by atoms with van der Waals surface area (Å²) in [6, 6.07) is 4.72. The lowest BCUT2D eigenvalue weighted by Gasteiger charge is -2.44. The van der Waals surface area contributed by atoms with Crippen LogP contribution in [0.5, 0.6) is 5.75 Å². The van der Waals surface area contributed by atoms with Gasteiger partial charge in [-0.1, -0.05) is 23.3 Å². The quantitative estimate of drug-likeness (QED) is 0.447. The molecular weight excluding hydrogens is 480 g/mol. The van der Waals surface area contributed by atoms with Gasteiger partial charge in [0.05, 0.1) is 23.7 Å². The lowest BCUT2D eigenvalue weighted by molar-refractivity contribution is -0.147. The Balaban J connectivity index is 1.68. The van der Waals surface area contributed by atoms with Gasteiger partial charge in [-0.2, -0.15) is 0 Å². The molecule has 2 heterocycles. The number of nitrogens with zero attached hydrogens (tertiary/aromatic N) is 2. The van der Waals surface area contributed by atoms with Gasteiger partial charge in [-0.05, 0) is 78.5 Å². The normalized spacial score (nSPS) is 32.5. The van der Waals surface area contributed by atoms with Crippen LogP contribution < -0.4 is 0 Å². The maximum atomic E-state index is 13.8. The van der Waals surface area contributed by atoms with Crippen molar-refractivity contribution in [1.29, 1.82) is 0 Å². The van der Waals surface area contributed by atoms with Gasteiger partial charge in [0, 0.05) is 27.6 Å². The van der Waals surface area contributed by atoms with Gasteiger partial charge in [-0.3, -0.25) is 29.0 Å². The summed E-state index contributed by atoms with van der Waals surface area (Å²) >= 11 is 6.32. The van der Waals surface area contributed by atoms with E-state index in [9.17, 15) is 24.3 Å². The van der Waals surface area contributed by atoms with Gasteiger partial charge >= 0.3 is 0 Å². The molecule has 5 rings (SSSR count). The van der Waals surface area contributed by atoms with E-state index in [1.165, 1.54) is 15.9 Å². The first kappa shape index (κ1) is 25.0. The van der Waals surface area contributed by atoms with E-state index < -0.39 is 40.7 Å². The number of phenols is 1. The molecule has 2 aliphatic heterocycles. The Morgan fingerprint density at radius 1 is 0.806 bits per heavy atom. The highest BCUT2D eigenvalue weighted by molar-refractivity contribution is 6.30. The summed E-state index contributed by atoms with van der Waals surface area (Å²) in [4.78, 5) is 57.3. The molecule has 7 nitrogen and oxygen atoms in total. The summed E-state index contributed by atoms with van der Waals surface area (Å²) in [5, 5.41) is 11.3. The second-order valence-electron chi connectivity index (χ2n) is 12.6. The zero-order valence-corrected chi connectivity index (χ0v) is 22.3. The average molecular weight is 513 g/mol. The summed E-state index contributed by atoms with van der Waals surface area (Å²) in [6.07, 6.45) is 2.68. The minimum atomic E-state index is -0.712. The van der Waals surface area contributed by atoms with Gasteiger partial charge in [0.25, 0.3) is 0 Å². The second kappa shape index (κ2) is 7.91. The number of carbonyl (C=O) groups is 4. The molecule has 4 amide bonds. The van der Waals surface area contributed by atoms with Crippen molar-refractivity contribution >= 4 is 35.2 Å². The molecule has 2 aliphatic carbocycles. The zero-order valence-electron chi connectivity index (χ0n) is 21.5. The minimum Gasteiger partial charge on any atom is -0.508 e. The topological polar surface area (TPSA) is 95.0 Å². The molecule has 36 heavy (non-hydrogen) atoms. The van der Waals surface area contributed by atoms with Gasteiger partial charge in [-0.25, -0.2) is 0 Å². The molecule has 192 valence electrons. The third-order valence-corrected chi connectivity index (χ3v) is 8.55. The number of hydrogen-bond donors (Lipinski definition) is 1. The highest BCUT2D eigenvalue weighted by Crippen LogP contribution is 2.59. The summed E-state index contributed by atoms with van der Waals surface area (Å²) in [7, 11) is 0. The number of halogens is 1. The fourth-order valence-electron chi connectivity index (χ4n) is 7.03. The first-order chi connectivity index (χ1) is 16.6. The number of imide groups is 2. The number of likely N-dealkylation sites (tertiary alicyclic amines) is 2. The van der Waals surface area contributed by atoms with Gasteiger partial charge < -0.3 is 5.11 Å². The highest BCUT2D eigenvalue weighted by Gasteiger charge is 2.63. The average Bonchev–Trinajstić information content (AvgIpc) is 3.17. The van der Waals surface area contributed by atoms with E-state index in [1.807, 2.05) is 47.6 Å². The van der Waals surface area contributed by atoms with Crippen molar-refractivity contribution in [2.24, 2.45) is 29.6 Å². The number of phenolic OH excluding ortho intramolecular Hbond substituents is 1. The van der Waals surface area contributed by atoms with Crippen LogP contribution >= 0.6 is 11.6 Å². The molecule has 0 aromatic heterocycles. The van der Waals surface area contributed by atoms with Crippen molar-refractivity contribution in [3.05, 3.63) is 40.4 Å². The van der Waals surface area contributed by atoms with Gasteiger partial charge in [0.2, 0.25) is 23.6 Å². The number of allylic oxidation sites excluding steroid dienone is 2. The number of benzene rings is 1. The molecule has 1 saturated carbocycles. The predicted octanol–water partition coefficient (Wildman–Crippen LogP) is 4.28. The molecule has 6 unspecified atom stereocenters. The minimum absolute atomic E-state index is 0.00794. The standard InChI is InChI=1S/C28H33ClN2O5/c1-27(2,3)30-23(33)15-9-8-14-16(21(15)25(30)35)12-18-22(26(36)31(24(18)34)28(4,5)6)20(14)17-11-13(29)7-10-19(17)32/h7-8,10-11,15-16,18,20-22,32H,9,12H2,1-6H3. The molecule has 6 atom stereocenters. The van der Waals surface area contributed by atoms with Crippen LogP contribution in [0, 0.1) is 29.6 Å². The van der Waals surface area contributed by atoms with Crippen molar-refractivity contribution in [3.8, 4) is 5.75 Å². The van der Waals surface area contributed by atoms with Crippen LogP contribution in [0.15, 0.2) is 29.8 Å². The number of hydrogen-bond acceptors (Lipinski definition) is 5. The largest absolute Gasteiger partial charge is 0.508 e. The molecule has 8 heteroatoms. The van der Waals surface area contributed by atoms with Gasteiger partial charge in [0.1, 0.15) is 5.75 Å². The van der Waals surface area contributed by atoms with Crippen LogP contribution in [0.3, 0.4) is 0 Å². The molecule has 1 N–H and O–H groups in total. The Morgan fingerprint density at radius 3 is 1.94 bits per heavy atom. The van der Waals surface area contributed by atoms with E-state index in [2.05, 4.69) is 0 Å². The van der Waals surface area contributed by atoms with Crippen LogP contribution in [0.25, 0.3) is 0 Å². The number of fused-ring (bicyclic) bond motifs is 4. The third-order valence-electron chi connectivity index (χ3n) is 8.31. The van der Waals surface area contributed by atoms with Crippen LogP contribution in [0.2, 0.25) is 5.02 Å². The van der Waals surface area contributed by atoms with Crippen molar-refractivity contribution in [2.75, 3.05) is 0 Å². The SMILES string of the molecule is CC(C)(C)N1C(=O)C2CC=C3C(CC4C(=O)N(C(C)(C)C)C(=O)C4C3c3cc(Cl)ccc3O)C2C1=O. The first-order valence-corrected chi connectivity index (χ1v) is 13.0. The summed E-state index contributed by atoms with van der Waals surface area (Å²) in [5.41, 5.74) is -0.0380. The molecule has 1 aromatic rings. The van der Waals surface area contributed by atoms with Crippen molar-refractivity contribution < 1.29 is 24.3 Å². The molecule has 0 bridgehead atoms. The molecule has 0 radical (unpaired) electrons. The second-order valence-corrected chi connectivity index (χ2v) is 13.0. The van der Waals surface area contributed by atoms with E-state index in [4.69, 9.17) is 11.6 Å². The number of rotatable bonds is 1. The Morgan fingerprint density at radius 2 is 1.36 bits per heavy atom. The monoisotopic (exact) mass is 512 g/mol. The van der Waals surface area contributed by atoms with Crippen LogP contribution in [-0.4, -0.2) is 49.6 Å². The smallest absolute Gasteiger partial charge is 0.234 e.